The molecule has 3 aromatic rings. The fourth-order valence-electron chi connectivity index (χ4n) is 4.24. The van der Waals surface area contributed by atoms with Crippen LogP contribution in [0.2, 0.25) is 0 Å². The topological polar surface area (TPSA) is 77.3 Å². The van der Waals surface area contributed by atoms with Crippen molar-refractivity contribution in [2.24, 2.45) is 0 Å². The van der Waals surface area contributed by atoms with Crippen molar-refractivity contribution in [1.29, 1.82) is 0 Å². The van der Waals surface area contributed by atoms with E-state index >= 15 is 0 Å². The number of aromatic nitrogens is 2. The summed E-state index contributed by atoms with van der Waals surface area (Å²) in [5.74, 6) is -0.175. The number of anilines is 1. The van der Waals surface area contributed by atoms with Gasteiger partial charge in [0.15, 0.2) is 11.4 Å². The molecule has 0 saturated heterocycles. The summed E-state index contributed by atoms with van der Waals surface area (Å²) in [4.78, 5) is 12.8. The van der Waals surface area contributed by atoms with Crippen LogP contribution in [0.4, 0.5) is 5.69 Å². The van der Waals surface area contributed by atoms with Crippen LogP contribution < -0.4 is 14.5 Å². The lowest BCUT2D eigenvalue weighted by Gasteiger charge is -2.17. The molecular formula is C23H27N3O3+2. The third-order valence-corrected chi connectivity index (χ3v) is 5.78. The van der Waals surface area contributed by atoms with E-state index < -0.39 is 0 Å². The molecule has 0 bridgehead atoms. The first kappa shape index (κ1) is 19.2. The molecule has 0 radical (unpaired) electrons. The van der Waals surface area contributed by atoms with E-state index in [0.717, 1.165) is 36.9 Å². The molecule has 1 aromatic heterocycles. The maximum Gasteiger partial charge on any atom is 0.632 e. The van der Waals surface area contributed by atoms with E-state index in [2.05, 4.69) is 5.32 Å². The maximum atomic E-state index is 12.8. The van der Waals surface area contributed by atoms with Crippen molar-refractivity contribution in [1.82, 2.24) is 0 Å². The van der Waals surface area contributed by atoms with Crippen LogP contribution in [0, 0.1) is 6.92 Å². The van der Waals surface area contributed by atoms with Crippen molar-refractivity contribution in [3.63, 3.8) is 0 Å². The zero-order chi connectivity index (χ0) is 20.4. The Morgan fingerprint density at radius 2 is 1.72 bits per heavy atom. The molecular weight excluding hydrogens is 366 g/mol. The Balaban J connectivity index is 1.74. The summed E-state index contributed by atoms with van der Waals surface area (Å²) in [6.07, 6.45) is 5.11. The van der Waals surface area contributed by atoms with E-state index in [4.69, 9.17) is 0 Å². The predicted molar refractivity (Wildman–Crippen MR) is 110 cm³/mol. The summed E-state index contributed by atoms with van der Waals surface area (Å²) >= 11 is 0. The summed E-state index contributed by atoms with van der Waals surface area (Å²) in [5.41, 5.74) is 2.35. The van der Waals surface area contributed by atoms with Crippen LogP contribution in [0.25, 0.3) is 10.9 Å². The summed E-state index contributed by atoms with van der Waals surface area (Å²) in [5, 5.41) is 25.5. The molecule has 0 spiro atoms. The number of fused-ring (bicyclic) bond motifs is 1. The van der Waals surface area contributed by atoms with Gasteiger partial charge in [0.05, 0.1) is 0 Å². The Labute approximate surface area is 170 Å². The molecule has 1 amide bonds. The number of aromatic hydroxyl groups is 2. The van der Waals surface area contributed by atoms with Crippen LogP contribution in [0.15, 0.2) is 48.5 Å². The zero-order valence-electron chi connectivity index (χ0n) is 16.6. The van der Waals surface area contributed by atoms with Crippen LogP contribution in [0.1, 0.15) is 43.7 Å². The molecule has 6 nitrogen and oxygen atoms in total. The molecule has 0 atom stereocenters. The van der Waals surface area contributed by atoms with Crippen molar-refractivity contribution in [3.05, 3.63) is 54.1 Å². The Kier molecular flexibility index (Phi) is 5.34. The van der Waals surface area contributed by atoms with E-state index in [1.807, 2.05) is 49.4 Å². The van der Waals surface area contributed by atoms with Gasteiger partial charge < -0.3 is 15.5 Å². The number of rotatable bonds is 4. The molecule has 6 heteroatoms. The second-order valence-electron chi connectivity index (χ2n) is 7.75. The van der Waals surface area contributed by atoms with Crippen LogP contribution >= 0.6 is 0 Å². The lowest BCUT2D eigenvalue weighted by molar-refractivity contribution is -0.830. The molecule has 0 aliphatic heterocycles. The van der Waals surface area contributed by atoms with Gasteiger partial charge in [-0.15, -0.1) is 0 Å². The fourth-order valence-corrected chi connectivity index (χ4v) is 4.24. The number of carbonyl (C=O) groups is 1. The highest BCUT2D eigenvalue weighted by Crippen LogP contribution is 2.29. The molecule has 4 rings (SSSR count). The SMILES string of the molecule is Cc1ccccc1NC(=O)C[n+]1c(O)[n+](C2CCCCC2)c(O)c2ccccc21. The molecule has 29 heavy (non-hydrogen) atoms. The van der Waals surface area contributed by atoms with Gasteiger partial charge in [-0.05, 0) is 37.5 Å². The number of hydrogen-bond acceptors (Lipinski definition) is 3. The first-order valence-electron chi connectivity index (χ1n) is 10.2. The average molecular weight is 393 g/mol. The molecule has 1 saturated carbocycles. The van der Waals surface area contributed by atoms with Gasteiger partial charge in [0.1, 0.15) is 0 Å². The highest BCUT2D eigenvalue weighted by molar-refractivity contribution is 5.91. The predicted octanol–water partition coefficient (Wildman–Crippen LogP) is 3.28. The average Bonchev–Trinajstić information content (AvgIpc) is 2.74. The standard InChI is InChI=1S/C23H25N3O3/c1-16-9-5-7-13-19(16)24-21(27)15-25-20-14-8-6-12-18(20)22(28)26(23(25)29)17-10-3-2-4-11-17/h5-9,12-14,17H,2-4,10-11,15H2,1H3,(H,24,27)/p+2. The lowest BCUT2D eigenvalue weighted by Crippen LogP contribution is -2.53. The normalized spacial score (nSPS) is 14.8. The molecule has 1 fully saturated rings. The first-order chi connectivity index (χ1) is 14.1. The zero-order valence-corrected chi connectivity index (χ0v) is 16.6. The summed E-state index contributed by atoms with van der Waals surface area (Å²) in [6.45, 7) is 1.89. The Morgan fingerprint density at radius 1 is 1.03 bits per heavy atom. The van der Waals surface area contributed by atoms with E-state index in [9.17, 15) is 15.0 Å². The number of carbonyl (C=O) groups excluding carboxylic acids is 1. The van der Waals surface area contributed by atoms with Crippen molar-refractivity contribution in [2.45, 2.75) is 51.6 Å². The van der Waals surface area contributed by atoms with Gasteiger partial charge in [-0.3, -0.25) is 4.79 Å². The van der Waals surface area contributed by atoms with Gasteiger partial charge in [-0.2, -0.15) is 0 Å². The highest BCUT2D eigenvalue weighted by Gasteiger charge is 2.39. The van der Waals surface area contributed by atoms with Gasteiger partial charge in [0.2, 0.25) is 12.1 Å². The largest absolute Gasteiger partial charge is 0.632 e. The lowest BCUT2D eigenvalue weighted by atomic mass is 9.95. The van der Waals surface area contributed by atoms with Crippen molar-refractivity contribution >= 4 is 22.5 Å². The van der Waals surface area contributed by atoms with Crippen molar-refractivity contribution in [3.8, 4) is 11.9 Å². The van der Waals surface area contributed by atoms with E-state index in [1.165, 1.54) is 6.42 Å². The molecule has 1 aliphatic carbocycles. The monoisotopic (exact) mass is 393 g/mol. The number of para-hydroxylation sites is 2. The maximum absolute atomic E-state index is 12.8. The molecule has 150 valence electrons. The quantitative estimate of drug-likeness (QED) is 0.596. The Bertz CT molecular complexity index is 1060. The second-order valence-corrected chi connectivity index (χ2v) is 7.75. The second kappa shape index (κ2) is 8.07. The number of aryl methyl sites for hydroxylation is 1. The van der Waals surface area contributed by atoms with Gasteiger partial charge >= 0.3 is 11.9 Å². The van der Waals surface area contributed by atoms with E-state index in [1.54, 1.807) is 15.2 Å². The minimum absolute atomic E-state index is 0.0269. The number of amides is 1. The Hall–Kier alpha value is -3.15. The minimum Gasteiger partial charge on any atom is -0.459 e. The van der Waals surface area contributed by atoms with Crippen molar-refractivity contribution in [2.75, 3.05) is 5.32 Å². The summed E-state index contributed by atoms with van der Waals surface area (Å²) in [7, 11) is 0. The molecule has 1 heterocycles. The van der Waals surface area contributed by atoms with Crippen LogP contribution in [0.3, 0.4) is 0 Å². The molecule has 3 N–H and O–H groups in total. The Morgan fingerprint density at radius 3 is 2.48 bits per heavy atom. The summed E-state index contributed by atoms with van der Waals surface area (Å²) in [6, 6.07) is 14.8. The highest BCUT2D eigenvalue weighted by atomic mass is 16.3. The molecule has 1 aliphatic rings. The number of nitrogens with one attached hydrogen (secondary N) is 1. The van der Waals surface area contributed by atoms with E-state index in [-0.39, 0.29) is 30.4 Å². The van der Waals surface area contributed by atoms with Gasteiger partial charge in [-0.25, -0.2) is 0 Å². The minimum atomic E-state index is -0.231. The fraction of sp³-hybridized carbons (Fsp3) is 0.348. The number of hydrogen-bond donors (Lipinski definition) is 3. The molecule has 2 aromatic carbocycles. The van der Waals surface area contributed by atoms with Crippen LogP contribution in [0.5, 0.6) is 11.9 Å². The van der Waals surface area contributed by atoms with Crippen LogP contribution in [-0.4, -0.2) is 16.1 Å². The first-order valence-corrected chi connectivity index (χ1v) is 10.2. The van der Waals surface area contributed by atoms with Gasteiger partial charge in [0, 0.05) is 24.6 Å². The number of nitrogens with zero attached hydrogens (tertiary/aromatic N) is 2. The third kappa shape index (κ3) is 3.75. The van der Waals surface area contributed by atoms with Crippen LogP contribution in [-0.2, 0) is 11.3 Å². The van der Waals surface area contributed by atoms with E-state index in [0.29, 0.717) is 10.9 Å². The third-order valence-electron chi connectivity index (χ3n) is 5.78. The summed E-state index contributed by atoms with van der Waals surface area (Å²) < 4.78 is 3.18. The molecule has 0 unspecified atom stereocenters. The van der Waals surface area contributed by atoms with Crippen molar-refractivity contribution < 1.29 is 24.1 Å². The van der Waals surface area contributed by atoms with Gasteiger partial charge in [-0.1, -0.05) is 45.9 Å². The van der Waals surface area contributed by atoms with Gasteiger partial charge in [0.25, 0.3) is 5.91 Å². The smallest absolute Gasteiger partial charge is 0.459 e. The number of benzene rings is 2.